The number of carbonyl (C=O) groups excluding carboxylic acids is 1. The first-order valence-corrected chi connectivity index (χ1v) is 9.09. The maximum absolute atomic E-state index is 12.7. The summed E-state index contributed by atoms with van der Waals surface area (Å²) in [5, 5.41) is 0. The molecule has 0 aromatic heterocycles. The molecule has 0 bridgehead atoms. The molecule has 27 heavy (non-hydrogen) atoms. The van der Waals surface area contributed by atoms with Crippen LogP contribution in [0.3, 0.4) is 0 Å². The van der Waals surface area contributed by atoms with E-state index in [1.807, 2.05) is 18.2 Å². The first-order valence-electron chi connectivity index (χ1n) is 9.09. The molecule has 0 N–H and O–H groups in total. The molecule has 2 aromatic carbocycles. The summed E-state index contributed by atoms with van der Waals surface area (Å²) < 4.78 is 28.8. The second-order valence-corrected chi connectivity index (χ2v) is 6.81. The Balaban J connectivity index is 1.56. The highest BCUT2D eigenvalue weighted by molar-refractivity contribution is 5.78. The molecular weight excluding hydrogens is 350 g/mol. The third kappa shape index (κ3) is 5.26. The van der Waals surface area contributed by atoms with Crippen LogP contribution in [0.2, 0.25) is 0 Å². The molecule has 6 heteroatoms. The standard InChI is InChI=1S/C21H24F2N2O2/c1-24(14-16-9-11-18(12-10-16)27-21(22)23)20(26)15-25-13-5-8-19(25)17-6-3-2-4-7-17/h2-4,6-7,9-12,19,21H,5,8,13-15H2,1H3. The Morgan fingerprint density at radius 3 is 2.56 bits per heavy atom. The van der Waals surface area contributed by atoms with Gasteiger partial charge in [0.05, 0.1) is 6.54 Å². The lowest BCUT2D eigenvalue weighted by Gasteiger charge is -2.27. The van der Waals surface area contributed by atoms with Gasteiger partial charge in [-0.15, -0.1) is 0 Å². The number of likely N-dealkylation sites (tertiary alicyclic amines) is 1. The Hall–Kier alpha value is -2.47. The van der Waals surface area contributed by atoms with Crippen LogP contribution in [-0.4, -0.2) is 42.5 Å². The second-order valence-electron chi connectivity index (χ2n) is 6.81. The molecule has 0 radical (unpaired) electrons. The highest BCUT2D eigenvalue weighted by Crippen LogP contribution is 2.31. The van der Waals surface area contributed by atoms with Crippen molar-refractivity contribution in [3.8, 4) is 5.75 Å². The zero-order valence-electron chi connectivity index (χ0n) is 15.4. The van der Waals surface area contributed by atoms with Gasteiger partial charge in [-0.25, -0.2) is 0 Å². The minimum Gasteiger partial charge on any atom is -0.435 e. The average molecular weight is 374 g/mol. The van der Waals surface area contributed by atoms with E-state index in [9.17, 15) is 13.6 Å². The quantitative estimate of drug-likeness (QED) is 0.732. The third-order valence-electron chi connectivity index (χ3n) is 4.88. The van der Waals surface area contributed by atoms with E-state index < -0.39 is 6.61 Å². The van der Waals surface area contributed by atoms with Gasteiger partial charge in [0.15, 0.2) is 0 Å². The van der Waals surface area contributed by atoms with Crippen molar-refractivity contribution in [2.75, 3.05) is 20.1 Å². The maximum Gasteiger partial charge on any atom is 0.387 e. The van der Waals surface area contributed by atoms with Crippen molar-refractivity contribution in [1.82, 2.24) is 9.80 Å². The molecule has 1 amide bonds. The molecule has 1 heterocycles. The molecule has 0 aliphatic carbocycles. The second kappa shape index (κ2) is 8.95. The van der Waals surface area contributed by atoms with E-state index >= 15 is 0 Å². The number of ether oxygens (including phenoxy) is 1. The van der Waals surface area contributed by atoms with E-state index in [0.29, 0.717) is 13.1 Å². The molecule has 144 valence electrons. The minimum atomic E-state index is -2.84. The number of likely N-dealkylation sites (N-methyl/N-ethyl adjacent to an activating group) is 1. The van der Waals surface area contributed by atoms with Gasteiger partial charge in [0.2, 0.25) is 5.91 Å². The van der Waals surface area contributed by atoms with Crippen molar-refractivity contribution in [1.29, 1.82) is 0 Å². The lowest BCUT2D eigenvalue weighted by atomic mass is 10.0. The summed E-state index contributed by atoms with van der Waals surface area (Å²) in [5.74, 6) is 0.163. The monoisotopic (exact) mass is 374 g/mol. The van der Waals surface area contributed by atoms with Crippen LogP contribution in [0.5, 0.6) is 5.75 Å². The summed E-state index contributed by atoms with van der Waals surface area (Å²) in [4.78, 5) is 16.6. The molecule has 2 aromatic rings. The third-order valence-corrected chi connectivity index (χ3v) is 4.88. The SMILES string of the molecule is CN(Cc1ccc(OC(F)F)cc1)C(=O)CN1CCCC1c1ccccc1. The molecule has 1 aliphatic rings. The average Bonchev–Trinajstić information content (AvgIpc) is 3.11. The predicted octanol–water partition coefficient (Wildman–Crippen LogP) is 4.08. The van der Waals surface area contributed by atoms with Crippen molar-refractivity contribution in [2.45, 2.75) is 32.0 Å². The van der Waals surface area contributed by atoms with Gasteiger partial charge in [0.25, 0.3) is 0 Å². The summed E-state index contributed by atoms with van der Waals surface area (Å²) in [6.45, 7) is -1.11. The van der Waals surface area contributed by atoms with Gasteiger partial charge in [-0.05, 0) is 42.6 Å². The van der Waals surface area contributed by atoms with E-state index in [2.05, 4.69) is 21.8 Å². The van der Waals surface area contributed by atoms with Crippen LogP contribution < -0.4 is 4.74 Å². The van der Waals surface area contributed by atoms with E-state index in [4.69, 9.17) is 0 Å². The van der Waals surface area contributed by atoms with Crippen molar-refractivity contribution in [3.63, 3.8) is 0 Å². The number of alkyl halides is 2. The highest BCUT2D eigenvalue weighted by Gasteiger charge is 2.28. The highest BCUT2D eigenvalue weighted by atomic mass is 19.3. The molecule has 1 atom stereocenters. The van der Waals surface area contributed by atoms with Gasteiger partial charge < -0.3 is 9.64 Å². The van der Waals surface area contributed by atoms with Crippen LogP contribution in [0, 0.1) is 0 Å². The lowest BCUT2D eigenvalue weighted by Crippen LogP contribution is -2.37. The molecule has 1 saturated heterocycles. The number of rotatable bonds is 7. The molecular formula is C21H24F2N2O2. The topological polar surface area (TPSA) is 32.8 Å². The smallest absolute Gasteiger partial charge is 0.387 e. The number of nitrogens with zero attached hydrogens (tertiary/aromatic N) is 2. The maximum atomic E-state index is 12.7. The van der Waals surface area contributed by atoms with Crippen molar-refractivity contribution in [3.05, 3.63) is 65.7 Å². The number of amides is 1. The predicted molar refractivity (Wildman–Crippen MR) is 99.5 cm³/mol. The molecule has 1 fully saturated rings. The van der Waals surface area contributed by atoms with E-state index in [1.54, 1.807) is 24.1 Å². The van der Waals surface area contributed by atoms with Crippen molar-refractivity contribution in [2.24, 2.45) is 0 Å². The summed E-state index contributed by atoms with van der Waals surface area (Å²) in [6, 6.07) is 16.9. The van der Waals surface area contributed by atoms with Crippen LogP contribution in [0.15, 0.2) is 54.6 Å². The Morgan fingerprint density at radius 2 is 1.89 bits per heavy atom. The normalized spacial score (nSPS) is 17.3. The van der Waals surface area contributed by atoms with E-state index in [0.717, 1.165) is 24.9 Å². The number of carbonyl (C=O) groups is 1. The van der Waals surface area contributed by atoms with Crippen LogP contribution in [0.25, 0.3) is 0 Å². The lowest BCUT2D eigenvalue weighted by molar-refractivity contribution is -0.131. The Morgan fingerprint density at radius 1 is 1.19 bits per heavy atom. The summed E-state index contributed by atoms with van der Waals surface area (Å²) in [7, 11) is 1.76. The van der Waals surface area contributed by atoms with E-state index in [1.165, 1.54) is 17.7 Å². The summed E-state index contributed by atoms with van der Waals surface area (Å²) in [6.07, 6.45) is 2.15. The molecule has 0 saturated carbocycles. The molecule has 0 spiro atoms. The number of hydrogen-bond acceptors (Lipinski definition) is 3. The fraction of sp³-hybridized carbons (Fsp3) is 0.381. The Kier molecular flexibility index (Phi) is 6.40. The van der Waals surface area contributed by atoms with Gasteiger partial charge in [0.1, 0.15) is 5.75 Å². The zero-order valence-corrected chi connectivity index (χ0v) is 15.4. The van der Waals surface area contributed by atoms with Gasteiger partial charge >= 0.3 is 6.61 Å². The van der Waals surface area contributed by atoms with Gasteiger partial charge in [-0.2, -0.15) is 8.78 Å². The fourth-order valence-corrected chi connectivity index (χ4v) is 3.50. The number of hydrogen-bond donors (Lipinski definition) is 0. The zero-order chi connectivity index (χ0) is 19.2. The minimum absolute atomic E-state index is 0.0470. The molecule has 3 rings (SSSR count). The van der Waals surface area contributed by atoms with E-state index in [-0.39, 0.29) is 17.7 Å². The van der Waals surface area contributed by atoms with Crippen LogP contribution in [0.4, 0.5) is 8.78 Å². The van der Waals surface area contributed by atoms with Crippen LogP contribution in [-0.2, 0) is 11.3 Å². The Labute approximate surface area is 158 Å². The first-order chi connectivity index (χ1) is 13.0. The first kappa shape index (κ1) is 19.3. The van der Waals surface area contributed by atoms with Gasteiger partial charge in [-0.1, -0.05) is 42.5 Å². The molecule has 1 unspecified atom stereocenters. The number of benzene rings is 2. The molecule has 1 aliphatic heterocycles. The Bertz CT molecular complexity index is 738. The number of halogens is 2. The fourth-order valence-electron chi connectivity index (χ4n) is 3.50. The van der Waals surface area contributed by atoms with Crippen LogP contribution in [0.1, 0.15) is 30.0 Å². The summed E-state index contributed by atoms with van der Waals surface area (Å²) >= 11 is 0. The van der Waals surface area contributed by atoms with Gasteiger partial charge in [0, 0.05) is 19.6 Å². The molecule has 4 nitrogen and oxygen atoms in total. The van der Waals surface area contributed by atoms with Crippen molar-refractivity contribution < 1.29 is 18.3 Å². The largest absolute Gasteiger partial charge is 0.435 e. The summed E-state index contributed by atoms with van der Waals surface area (Å²) in [5.41, 5.74) is 2.12. The van der Waals surface area contributed by atoms with Gasteiger partial charge in [-0.3, -0.25) is 9.69 Å². The van der Waals surface area contributed by atoms with Crippen LogP contribution >= 0.6 is 0 Å². The van der Waals surface area contributed by atoms with Crippen molar-refractivity contribution >= 4 is 5.91 Å².